The van der Waals surface area contributed by atoms with Crippen LogP contribution in [0.4, 0.5) is 5.69 Å². The second-order valence-electron chi connectivity index (χ2n) is 5.24. The molecule has 2 aromatic rings. The SMILES string of the molecule is CCc1ccccc1N1CCN(C(=O)c2ccco2)CC1. The molecule has 0 radical (unpaired) electrons. The summed E-state index contributed by atoms with van der Waals surface area (Å²) in [6.45, 7) is 5.37. The average Bonchev–Trinajstić information content (AvgIpc) is 3.09. The Morgan fingerprint density at radius 1 is 1.10 bits per heavy atom. The van der Waals surface area contributed by atoms with Gasteiger partial charge in [0.2, 0.25) is 0 Å². The molecule has 1 aromatic carbocycles. The lowest BCUT2D eigenvalue weighted by Gasteiger charge is -2.36. The summed E-state index contributed by atoms with van der Waals surface area (Å²) in [7, 11) is 0. The van der Waals surface area contributed by atoms with Crippen molar-refractivity contribution in [1.29, 1.82) is 0 Å². The highest BCUT2D eigenvalue weighted by Gasteiger charge is 2.24. The van der Waals surface area contributed by atoms with Gasteiger partial charge in [-0.05, 0) is 30.2 Å². The van der Waals surface area contributed by atoms with Gasteiger partial charge in [0.05, 0.1) is 6.26 Å². The number of anilines is 1. The van der Waals surface area contributed by atoms with E-state index in [1.165, 1.54) is 11.3 Å². The molecule has 0 aliphatic carbocycles. The maximum Gasteiger partial charge on any atom is 0.289 e. The van der Waals surface area contributed by atoms with Crippen molar-refractivity contribution in [2.45, 2.75) is 13.3 Å². The number of piperazine rings is 1. The van der Waals surface area contributed by atoms with E-state index in [0.29, 0.717) is 5.76 Å². The second kappa shape index (κ2) is 6.04. The van der Waals surface area contributed by atoms with E-state index in [1.807, 2.05) is 4.90 Å². The van der Waals surface area contributed by atoms with Crippen molar-refractivity contribution in [2.24, 2.45) is 0 Å². The number of para-hydroxylation sites is 1. The van der Waals surface area contributed by atoms with Gasteiger partial charge in [0.15, 0.2) is 5.76 Å². The van der Waals surface area contributed by atoms with Crippen LogP contribution in [0.15, 0.2) is 47.1 Å². The third-order valence-corrected chi connectivity index (χ3v) is 4.01. The summed E-state index contributed by atoms with van der Waals surface area (Å²) in [6, 6.07) is 12.0. The van der Waals surface area contributed by atoms with Gasteiger partial charge in [0.25, 0.3) is 5.91 Å². The Bertz CT molecular complexity index is 599. The van der Waals surface area contributed by atoms with E-state index in [1.54, 1.807) is 18.4 Å². The van der Waals surface area contributed by atoms with Crippen LogP contribution >= 0.6 is 0 Å². The summed E-state index contributed by atoms with van der Waals surface area (Å²) >= 11 is 0. The van der Waals surface area contributed by atoms with E-state index < -0.39 is 0 Å². The predicted molar refractivity (Wildman–Crippen MR) is 82.6 cm³/mol. The molecule has 4 nitrogen and oxygen atoms in total. The average molecular weight is 284 g/mol. The normalized spacial score (nSPS) is 15.3. The molecule has 0 N–H and O–H groups in total. The van der Waals surface area contributed by atoms with Gasteiger partial charge < -0.3 is 14.2 Å². The highest BCUT2D eigenvalue weighted by atomic mass is 16.3. The summed E-state index contributed by atoms with van der Waals surface area (Å²) in [5.41, 5.74) is 2.66. The molecule has 1 aliphatic rings. The number of amides is 1. The van der Waals surface area contributed by atoms with E-state index in [2.05, 4.69) is 36.1 Å². The lowest BCUT2D eigenvalue weighted by Crippen LogP contribution is -2.49. The molecule has 1 fully saturated rings. The molecule has 0 spiro atoms. The molecule has 0 bridgehead atoms. The Morgan fingerprint density at radius 2 is 1.86 bits per heavy atom. The van der Waals surface area contributed by atoms with E-state index >= 15 is 0 Å². The molecule has 3 rings (SSSR count). The van der Waals surface area contributed by atoms with Gasteiger partial charge in [-0.2, -0.15) is 0 Å². The zero-order chi connectivity index (χ0) is 14.7. The second-order valence-corrected chi connectivity index (χ2v) is 5.24. The minimum atomic E-state index is -0.0107. The maximum atomic E-state index is 12.2. The number of hydrogen-bond acceptors (Lipinski definition) is 3. The number of nitrogens with zero attached hydrogens (tertiary/aromatic N) is 2. The topological polar surface area (TPSA) is 36.7 Å². The summed E-state index contributed by atoms with van der Waals surface area (Å²) < 4.78 is 5.19. The van der Waals surface area contributed by atoms with Crippen LogP contribution in [0.25, 0.3) is 0 Å². The van der Waals surface area contributed by atoms with Crippen molar-refractivity contribution in [3.8, 4) is 0 Å². The molecule has 21 heavy (non-hydrogen) atoms. The molecule has 1 amide bonds. The molecule has 1 saturated heterocycles. The van der Waals surface area contributed by atoms with Crippen LogP contribution in [0.3, 0.4) is 0 Å². The quantitative estimate of drug-likeness (QED) is 0.869. The molecule has 110 valence electrons. The number of rotatable bonds is 3. The Kier molecular flexibility index (Phi) is 3.95. The number of carbonyl (C=O) groups excluding carboxylic acids is 1. The van der Waals surface area contributed by atoms with Gasteiger partial charge in [-0.25, -0.2) is 0 Å². The minimum absolute atomic E-state index is 0.0107. The standard InChI is InChI=1S/C17H20N2O2/c1-2-14-6-3-4-7-15(14)18-9-11-19(12-10-18)17(20)16-8-5-13-21-16/h3-8,13H,2,9-12H2,1H3. The fraction of sp³-hybridized carbons (Fsp3) is 0.353. The zero-order valence-corrected chi connectivity index (χ0v) is 12.3. The largest absolute Gasteiger partial charge is 0.459 e. The van der Waals surface area contributed by atoms with Gasteiger partial charge in [0.1, 0.15) is 0 Å². The third kappa shape index (κ3) is 2.79. The summed E-state index contributed by atoms with van der Waals surface area (Å²) in [6.07, 6.45) is 2.57. The van der Waals surface area contributed by atoms with Crippen LogP contribution in [0.5, 0.6) is 0 Å². The number of benzene rings is 1. The summed E-state index contributed by atoms with van der Waals surface area (Å²) in [4.78, 5) is 16.5. The molecule has 1 aliphatic heterocycles. The number of carbonyl (C=O) groups is 1. The number of aryl methyl sites for hydroxylation is 1. The Morgan fingerprint density at radius 3 is 2.52 bits per heavy atom. The van der Waals surface area contributed by atoms with Crippen LogP contribution in [0.2, 0.25) is 0 Å². The molecule has 1 aromatic heterocycles. The Hall–Kier alpha value is -2.23. The van der Waals surface area contributed by atoms with Gasteiger partial charge in [-0.1, -0.05) is 25.1 Å². The first-order valence-electron chi connectivity index (χ1n) is 7.45. The first-order chi connectivity index (χ1) is 10.3. The van der Waals surface area contributed by atoms with Gasteiger partial charge in [-0.3, -0.25) is 4.79 Å². The van der Waals surface area contributed by atoms with Crippen LogP contribution in [0.1, 0.15) is 23.0 Å². The Balaban J connectivity index is 1.66. The van der Waals surface area contributed by atoms with Gasteiger partial charge in [-0.15, -0.1) is 0 Å². The molecular formula is C17H20N2O2. The van der Waals surface area contributed by atoms with E-state index in [4.69, 9.17) is 4.42 Å². The van der Waals surface area contributed by atoms with Crippen LogP contribution < -0.4 is 4.90 Å². The van der Waals surface area contributed by atoms with E-state index in [-0.39, 0.29) is 5.91 Å². The fourth-order valence-electron chi connectivity index (χ4n) is 2.82. The first kappa shape index (κ1) is 13.7. The van der Waals surface area contributed by atoms with Crippen molar-refractivity contribution in [3.63, 3.8) is 0 Å². The third-order valence-electron chi connectivity index (χ3n) is 4.01. The predicted octanol–water partition coefficient (Wildman–Crippen LogP) is 2.80. The fourth-order valence-corrected chi connectivity index (χ4v) is 2.82. The Labute approximate surface area is 125 Å². The van der Waals surface area contributed by atoms with Crippen LogP contribution in [-0.4, -0.2) is 37.0 Å². The lowest BCUT2D eigenvalue weighted by molar-refractivity contribution is 0.0714. The minimum Gasteiger partial charge on any atom is -0.459 e. The summed E-state index contributed by atoms with van der Waals surface area (Å²) in [5, 5.41) is 0. The maximum absolute atomic E-state index is 12.2. The van der Waals surface area contributed by atoms with Crippen LogP contribution in [-0.2, 0) is 6.42 Å². The number of hydrogen-bond donors (Lipinski definition) is 0. The van der Waals surface area contributed by atoms with Crippen molar-refractivity contribution in [1.82, 2.24) is 4.90 Å². The monoisotopic (exact) mass is 284 g/mol. The molecule has 4 heteroatoms. The van der Waals surface area contributed by atoms with Crippen molar-refractivity contribution < 1.29 is 9.21 Å². The van der Waals surface area contributed by atoms with Crippen molar-refractivity contribution >= 4 is 11.6 Å². The van der Waals surface area contributed by atoms with E-state index in [0.717, 1.165) is 32.6 Å². The lowest BCUT2D eigenvalue weighted by atomic mass is 10.1. The van der Waals surface area contributed by atoms with Gasteiger partial charge in [0, 0.05) is 31.9 Å². The molecule has 0 unspecified atom stereocenters. The number of furan rings is 1. The van der Waals surface area contributed by atoms with Crippen LogP contribution in [0, 0.1) is 0 Å². The molecular weight excluding hydrogens is 264 g/mol. The summed E-state index contributed by atoms with van der Waals surface area (Å²) in [5.74, 6) is 0.417. The zero-order valence-electron chi connectivity index (χ0n) is 12.3. The highest BCUT2D eigenvalue weighted by molar-refractivity contribution is 5.91. The van der Waals surface area contributed by atoms with Gasteiger partial charge >= 0.3 is 0 Å². The molecule has 0 atom stereocenters. The van der Waals surface area contributed by atoms with Crippen molar-refractivity contribution in [3.05, 3.63) is 54.0 Å². The smallest absolute Gasteiger partial charge is 0.289 e. The highest BCUT2D eigenvalue weighted by Crippen LogP contribution is 2.22. The first-order valence-corrected chi connectivity index (χ1v) is 7.45. The molecule has 2 heterocycles. The molecule has 0 saturated carbocycles. The van der Waals surface area contributed by atoms with E-state index in [9.17, 15) is 4.79 Å². The van der Waals surface area contributed by atoms with Crippen molar-refractivity contribution in [2.75, 3.05) is 31.1 Å².